The zero-order valence-electron chi connectivity index (χ0n) is 7.24. The van der Waals surface area contributed by atoms with Crippen LogP contribution in [0.5, 0.6) is 0 Å². The Kier molecular flexibility index (Phi) is 2.02. The number of nitrogen functional groups attached to an aromatic ring is 1. The molecule has 1 aromatic rings. The zero-order chi connectivity index (χ0) is 8.39. The van der Waals surface area contributed by atoms with E-state index in [4.69, 9.17) is 5.73 Å². The van der Waals surface area contributed by atoms with Crippen molar-refractivity contribution in [2.45, 2.75) is 32.2 Å². The predicted octanol–water partition coefficient (Wildman–Crippen LogP) is 1.66. The first-order chi connectivity index (χ1) is 5.84. The van der Waals surface area contributed by atoms with Gasteiger partial charge in [0.2, 0.25) is 0 Å². The highest BCUT2D eigenvalue weighted by Gasteiger charge is 2.19. The summed E-state index contributed by atoms with van der Waals surface area (Å²) in [4.78, 5) is 0. The summed E-state index contributed by atoms with van der Waals surface area (Å²) in [6, 6.07) is 0. The highest BCUT2D eigenvalue weighted by molar-refractivity contribution is 5.30. The van der Waals surface area contributed by atoms with E-state index in [1.807, 2.05) is 10.9 Å². The molecule has 0 saturated heterocycles. The second-order valence-electron chi connectivity index (χ2n) is 3.62. The highest BCUT2D eigenvalue weighted by atomic mass is 15.3. The van der Waals surface area contributed by atoms with Gasteiger partial charge in [-0.15, -0.1) is 0 Å². The number of aromatic nitrogens is 2. The Bertz CT molecular complexity index is 250. The lowest BCUT2D eigenvalue weighted by atomic mass is 10.2. The van der Waals surface area contributed by atoms with Crippen molar-refractivity contribution >= 4 is 5.69 Å². The normalized spacial score (nSPS) is 16.7. The van der Waals surface area contributed by atoms with E-state index >= 15 is 0 Å². The molecule has 1 fully saturated rings. The molecular weight excluding hydrogens is 150 g/mol. The van der Waals surface area contributed by atoms with Crippen LogP contribution in [0, 0.1) is 5.92 Å². The quantitative estimate of drug-likeness (QED) is 0.737. The third-order valence-electron chi connectivity index (χ3n) is 2.35. The lowest BCUT2D eigenvalue weighted by molar-refractivity contribution is 0.536. The van der Waals surface area contributed by atoms with Crippen molar-refractivity contribution in [3.8, 4) is 0 Å². The van der Waals surface area contributed by atoms with Crippen LogP contribution in [-0.2, 0) is 6.54 Å². The van der Waals surface area contributed by atoms with Crippen LogP contribution >= 0.6 is 0 Å². The van der Waals surface area contributed by atoms with Gasteiger partial charge >= 0.3 is 0 Å². The molecule has 0 unspecified atom stereocenters. The molecule has 1 saturated carbocycles. The van der Waals surface area contributed by atoms with E-state index in [0.717, 1.165) is 18.2 Å². The van der Waals surface area contributed by atoms with Crippen LogP contribution in [0.25, 0.3) is 0 Å². The summed E-state index contributed by atoms with van der Waals surface area (Å²) in [6.07, 6.45) is 9.10. The summed E-state index contributed by atoms with van der Waals surface area (Å²) in [7, 11) is 0. The van der Waals surface area contributed by atoms with Crippen LogP contribution in [0.15, 0.2) is 12.4 Å². The maximum atomic E-state index is 5.54. The first kappa shape index (κ1) is 7.65. The van der Waals surface area contributed by atoms with Crippen LogP contribution in [0.3, 0.4) is 0 Å². The molecule has 1 aromatic heterocycles. The molecule has 1 aliphatic rings. The molecule has 0 atom stereocenters. The molecule has 3 heteroatoms. The molecule has 0 radical (unpaired) electrons. The Morgan fingerprint density at radius 2 is 2.42 bits per heavy atom. The Morgan fingerprint density at radius 1 is 1.58 bits per heavy atom. The third kappa shape index (κ3) is 2.00. The smallest absolute Gasteiger partial charge is 0.0719 e. The average molecular weight is 165 g/mol. The fourth-order valence-electron chi connectivity index (χ4n) is 1.45. The van der Waals surface area contributed by atoms with Gasteiger partial charge in [-0.2, -0.15) is 5.10 Å². The van der Waals surface area contributed by atoms with Gasteiger partial charge in [-0.1, -0.05) is 12.8 Å². The number of nitrogens with zero attached hydrogens (tertiary/aromatic N) is 2. The van der Waals surface area contributed by atoms with Gasteiger partial charge in [-0.05, 0) is 18.8 Å². The lowest BCUT2D eigenvalue weighted by Crippen LogP contribution is -1.98. The molecular formula is C9H15N3. The fourth-order valence-corrected chi connectivity index (χ4v) is 1.45. The summed E-state index contributed by atoms with van der Waals surface area (Å²) in [5.41, 5.74) is 6.30. The monoisotopic (exact) mass is 165 g/mol. The minimum Gasteiger partial charge on any atom is -0.396 e. The summed E-state index contributed by atoms with van der Waals surface area (Å²) in [6.45, 7) is 1.02. The Hall–Kier alpha value is -0.990. The molecule has 66 valence electrons. The van der Waals surface area contributed by atoms with E-state index in [2.05, 4.69) is 5.10 Å². The molecule has 0 bridgehead atoms. The minimum atomic E-state index is 0.765. The maximum absolute atomic E-state index is 5.54. The molecule has 0 amide bonds. The van der Waals surface area contributed by atoms with Crippen LogP contribution in [0.1, 0.15) is 25.7 Å². The first-order valence-electron chi connectivity index (χ1n) is 4.62. The van der Waals surface area contributed by atoms with E-state index < -0.39 is 0 Å². The molecule has 3 nitrogen and oxygen atoms in total. The van der Waals surface area contributed by atoms with Gasteiger partial charge in [0.05, 0.1) is 11.9 Å². The van der Waals surface area contributed by atoms with E-state index in [9.17, 15) is 0 Å². The van der Waals surface area contributed by atoms with Crippen LogP contribution < -0.4 is 5.73 Å². The third-order valence-corrected chi connectivity index (χ3v) is 2.35. The SMILES string of the molecule is Nc1cnn(CCCC2CC2)c1. The first-order valence-corrected chi connectivity index (χ1v) is 4.62. The average Bonchev–Trinajstić information content (AvgIpc) is 2.76. The summed E-state index contributed by atoms with van der Waals surface area (Å²) < 4.78 is 1.93. The Labute approximate surface area is 72.6 Å². The molecule has 0 aliphatic heterocycles. The van der Waals surface area contributed by atoms with E-state index in [0.29, 0.717) is 0 Å². The van der Waals surface area contributed by atoms with Gasteiger partial charge in [0.15, 0.2) is 0 Å². The number of aryl methyl sites for hydroxylation is 1. The van der Waals surface area contributed by atoms with Crippen molar-refractivity contribution in [3.63, 3.8) is 0 Å². The molecule has 1 heterocycles. The highest BCUT2D eigenvalue weighted by Crippen LogP contribution is 2.33. The van der Waals surface area contributed by atoms with Crippen molar-refractivity contribution in [1.29, 1.82) is 0 Å². The van der Waals surface area contributed by atoms with E-state index in [1.54, 1.807) is 6.20 Å². The van der Waals surface area contributed by atoms with E-state index in [1.165, 1.54) is 25.7 Å². The van der Waals surface area contributed by atoms with Gasteiger partial charge in [0.25, 0.3) is 0 Å². The van der Waals surface area contributed by atoms with Gasteiger partial charge < -0.3 is 5.73 Å². The summed E-state index contributed by atoms with van der Waals surface area (Å²) in [5.74, 6) is 1.03. The largest absolute Gasteiger partial charge is 0.396 e. The zero-order valence-corrected chi connectivity index (χ0v) is 7.24. The molecule has 2 N–H and O–H groups in total. The fraction of sp³-hybridized carbons (Fsp3) is 0.667. The molecule has 0 aromatic carbocycles. The Balaban J connectivity index is 1.71. The number of hydrogen-bond donors (Lipinski definition) is 1. The van der Waals surface area contributed by atoms with Crippen molar-refractivity contribution in [2.24, 2.45) is 5.92 Å². The summed E-state index contributed by atoms with van der Waals surface area (Å²) in [5, 5.41) is 4.12. The topological polar surface area (TPSA) is 43.8 Å². The predicted molar refractivity (Wildman–Crippen MR) is 48.6 cm³/mol. The van der Waals surface area contributed by atoms with Crippen molar-refractivity contribution in [3.05, 3.63) is 12.4 Å². The van der Waals surface area contributed by atoms with Crippen LogP contribution in [0.2, 0.25) is 0 Å². The Morgan fingerprint density at radius 3 is 3.00 bits per heavy atom. The van der Waals surface area contributed by atoms with E-state index in [-0.39, 0.29) is 0 Å². The maximum Gasteiger partial charge on any atom is 0.0719 e. The van der Waals surface area contributed by atoms with Crippen LogP contribution in [0.4, 0.5) is 5.69 Å². The standard InChI is InChI=1S/C9H15N3/c10-9-6-11-12(7-9)5-1-2-8-3-4-8/h6-8H,1-5,10H2. The number of anilines is 1. The van der Waals surface area contributed by atoms with Crippen molar-refractivity contribution < 1.29 is 0 Å². The minimum absolute atomic E-state index is 0.765. The van der Waals surface area contributed by atoms with Gasteiger partial charge in [0.1, 0.15) is 0 Å². The molecule has 0 spiro atoms. The summed E-state index contributed by atoms with van der Waals surface area (Å²) >= 11 is 0. The molecule has 12 heavy (non-hydrogen) atoms. The molecule has 1 aliphatic carbocycles. The van der Waals surface area contributed by atoms with Crippen molar-refractivity contribution in [2.75, 3.05) is 5.73 Å². The van der Waals surface area contributed by atoms with Gasteiger partial charge in [-0.25, -0.2) is 0 Å². The number of hydrogen-bond acceptors (Lipinski definition) is 2. The second kappa shape index (κ2) is 3.17. The second-order valence-corrected chi connectivity index (χ2v) is 3.62. The lowest BCUT2D eigenvalue weighted by Gasteiger charge is -1.99. The van der Waals surface area contributed by atoms with Crippen LogP contribution in [-0.4, -0.2) is 9.78 Å². The van der Waals surface area contributed by atoms with Gasteiger partial charge in [0, 0.05) is 12.7 Å². The number of rotatable bonds is 4. The van der Waals surface area contributed by atoms with Gasteiger partial charge in [-0.3, -0.25) is 4.68 Å². The number of nitrogens with two attached hydrogens (primary N) is 1. The molecule has 2 rings (SSSR count). The van der Waals surface area contributed by atoms with Crippen molar-refractivity contribution in [1.82, 2.24) is 9.78 Å².